The zero-order valence-electron chi connectivity index (χ0n) is 21.2. The van der Waals surface area contributed by atoms with Crippen LogP contribution in [0.4, 0.5) is 0 Å². The average Bonchev–Trinajstić information content (AvgIpc) is 3.32. The molecule has 0 saturated heterocycles. The van der Waals surface area contributed by atoms with Crippen molar-refractivity contribution in [2.75, 3.05) is 0 Å². The maximum Gasteiger partial charge on any atom is 0.378 e. The summed E-state index contributed by atoms with van der Waals surface area (Å²) in [7, 11) is 0. The third-order valence-electron chi connectivity index (χ3n) is 6.87. The molecule has 0 spiro atoms. The van der Waals surface area contributed by atoms with Gasteiger partial charge in [0, 0.05) is 5.56 Å². The fourth-order valence-corrected chi connectivity index (χ4v) is 5.00. The maximum atomic E-state index is 14.2. The first-order valence-corrected chi connectivity index (χ1v) is 13.0. The molecular formula is C32H31ClNO3+. The number of benzene rings is 4. The molecule has 1 unspecified atom stereocenters. The summed E-state index contributed by atoms with van der Waals surface area (Å²) in [6, 6.07) is 31.6. The Balaban J connectivity index is 1.49. The van der Waals surface area contributed by atoms with Crippen molar-refractivity contribution in [2.45, 2.75) is 46.1 Å². The van der Waals surface area contributed by atoms with E-state index in [9.17, 15) is 4.79 Å². The number of hydroxylamine groups is 3. The van der Waals surface area contributed by atoms with Crippen molar-refractivity contribution in [3.63, 3.8) is 0 Å². The number of quaternary nitrogens is 1. The van der Waals surface area contributed by atoms with E-state index < -0.39 is 0 Å². The zero-order valence-corrected chi connectivity index (χ0v) is 21.9. The molecule has 4 aromatic rings. The van der Waals surface area contributed by atoms with Crippen LogP contribution < -0.4 is 4.74 Å². The lowest BCUT2D eigenvalue weighted by atomic mass is 10.0. The Morgan fingerprint density at radius 2 is 1.51 bits per heavy atom. The lowest BCUT2D eigenvalue weighted by Crippen LogP contribution is -2.48. The Hall–Kier alpha value is -3.44. The number of amides is 1. The highest BCUT2D eigenvalue weighted by Crippen LogP contribution is 2.42. The van der Waals surface area contributed by atoms with Gasteiger partial charge in [-0.25, -0.2) is 4.79 Å². The van der Waals surface area contributed by atoms with Crippen LogP contribution in [-0.2, 0) is 31.1 Å². The molecule has 0 saturated carbocycles. The number of nitrogens with zero attached hydrogens (tertiary/aromatic N) is 1. The van der Waals surface area contributed by atoms with Gasteiger partial charge < -0.3 is 4.74 Å². The predicted molar refractivity (Wildman–Crippen MR) is 146 cm³/mol. The van der Waals surface area contributed by atoms with E-state index >= 15 is 0 Å². The minimum absolute atomic E-state index is 0.0697. The average molecular weight is 513 g/mol. The van der Waals surface area contributed by atoms with E-state index in [0.717, 1.165) is 27.8 Å². The van der Waals surface area contributed by atoms with Gasteiger partial charge in [-0.15, -0.1) is 4.65 Å². The van der Waals surface area contributed by atoms with E-state index in [1.54, 1.807) is 0 Å². The largest absolute Gasteiger partial charge is 0.487 e. The first kappa shape index (κ1) is 25.2. The first-order chi connectivity index (χ1) is 17.9. The third-order valence-corrected chi connectivity index (χ3v) is 7.16. The van der Waals surface area contributed by atoms with Crippen LogP contribution >= 0.6 is 11.6 Å². The summed E-state index contributed by atoms with van der Waals surface area (Å²) in [6.07, 6.45) is 0. The third kappa shape index (κ3) is 5.47. The standard InChI is InChI=1S/C32H31ClNO3/c1-23(2)26-14-9-15-27(18-26)32(35)34(37-22-25-12-7-4-8-13-25)19-28-16-17-30(33)31(29(28)20-34)36-21-24-10-5-3-6-11-24/h3-18,23H,19-22H2,1-2H3/q+1. The van der Waals surface area contributed by atoms with Crippen molar-refractivity contribution in [1.82, 2.24) is 0 Å². The highest BCUT2D eigenvalue weighted by Gasteiger charge is 2.48. The SMILES string of the molecule is CC(C)c1cccc(C(=O)[N+]2(OCc3ccccc3)Cc3ccc(Cl)c(OCc4ccccc4)c3C2)c1. The number of hydrogen-bond acceptors (Lipinski definition) is 3. The van der Waals surface area contributed by atoms with E-state index in [2.05, 4.69) is 19.9 Å². The molecule has 0 fully saturated rings. The number of fused-ring (bicyclic) bond motifs is 1. The fraction of sp³-hybridized carbons (Fsp3) is 0.219. The molecule has 0 bridgehead atoms. The molecule has 4 aromatic carbocycles. The van der Waals surface area contributed by atoms with Gasteiger partial charge >= 0.3 is 5.91 Å². The van der Waals surface area contributed by atoms with Crippen molar-refractivity contribution in [2.24, 2.45) is 0 Å². The molecule has 188 valence electrons. The van der Waals surface area contributed by atoms with E-state index in [1.165, 1.54) is 0 Å². The Bertz CT molecular complexity index is 1390. The minimum atomic E-state index is -0.173. The molecular weight excluding hydrogens is 482 g/mol. The highest BCUT2D eigenvalue weighted by atomic mass is 35.5. The summed E-state index contributed by atoms with van der Waals surface area (Å²) in [5.74, 6) is 0.869. The number of ether oxygens (including phenoxy) is 1. The van der Waals surface area contributed by atoms with Crippen molar-refractivity contribution < 1.29 is 19.0 Å². The van der Waals surface area contributed by atoms with Crippen LogP contribution in [0.15, 0.2) is 97.1 Å². The molecule has 37 heavy (non-hydrogen) atoms. The molecule has 1 atom stereocenters. The van der Waals surface area contributed by atoms with Crippen LogP contribution in [0.3, 0.4) is 0 Å². The summed E-state index contributed by atoms with van der Waals surface area (Å²) >= 11 is 6.63. The van der Waals surface area contributed by atoms with Crippen LogP contribution in [0.1, 0.15) is 57.9 Å². The molecule has 4 nitrogen and oxygen atoms in total. The summed E-state index contributed by atoms with van der Waals surface area (Å²) in [5, 5.41) is 0.534. The quantitative estimate of drug-likeness (QED) is 0.225. The lowest BCUT2D eigenvalue weighted by Gasteiger charge is -2.29. The van der Waals surface area contributed by atoms with E-state index in [0.29, 0.717) is 48.6 Å². The number of carbonyl (C=O) groups is 1. The van der Waals surface area contributed by atoms with Crippen LogP contribution in [-0.4, -0.2) is 10.6 Å². The van der Waals surface area contributed by atoms with E-state index in [-0.39, 0.29) is 10.6 Å². The number of rotatable bonds is 8. The Labute approximate surface area is 223 Å². The van der Waals surface area contributed by atoms with Crippen molar-refractivity contribution in [1.29, 1.82) is 0 Å². The second-order valence-corrected chi connectivity index (χ2v) is 10.2. The summed E-state index contributed by atoms with van der Waals surface area (Å²) in [5.41, 5.74) is 5.76. The summed E-state index contributed by atoms with van der Waals surface area (Å²) in [4.78, 5) is 20.7. The summed E-state index contributed by atoms with van der Waals surface area (Å²) < 4.78 is 6.08. The Kier molecular flexibility index (Phi) is 7.43. The van der Waals surface area contributed by atoms with Crippen LogP contribution in [0.5, 0.6) is 5.75 Å². The number of halogens is 1. The molecule has 1 aliphatic heterocycles. The Morgan fingerprint density at radius 3 is 2.19 bits per heavy atom. The molecule has 5 rings (SSSR count). The summed E-state index contributed by atoms with van der Waals surface area (Å²) in [6.45, 7) is 5.72. The van der Waals surface area contributed by atoms with Crippen molar-refractivity contribution in [3.8, 4) is 5.75 Å². The fourth-order valence-electron chi connectivity index (χ4n) is 4.77. The second-order valence-electron chi connectivity index (χ2n) is 9.84. The molecule has 0 radical (unpaired) electrons. The van der Waals surface area contributed by atoms with Gasteiger partial charge in [-0.1, -0.05) is 104 Å². The molecule has 1 heterocycles. The van der Waals surface area contributed by atoms with Gasteiger partial charge in [0.15, 0.2) is 0 Å². The van der Waals surface area contributed by atoms with Gasteiger partial charge in [-0.05, 0) is 40.8 Å². The second kappa shape index (κ2) is 10.9. The smallest absolute Gasteiger partial charge is 0.378 e. The van der Waals surface area contributed by atoms with Gasteiger partial charge in [0.1, 0.15) is 32.1 Å². The van der Waals surface area contributed by atoms with E-state index in [4.69, 9.17) is 21.2 Å². The van der Waals surface area contributed by atoms with Gasteiger partial charge in [-0.3, -0.25) is 0 Å². The van der Waals surface area contributed by atoms with Gasteiger partial charge in [0.2, 0.25) is 0 Å². The molecule has 1 aliphatic rings. The molecule has 5 heteroatoms. The van der Waals surface area contributed by atoms with Gasteiger partial charge in [0.25, 0.3) is 0 Å². The van der Waals surface area contributed by atoms with Gasteiger partial charge in [-0.2, -0.15) is 4.84 Å². The Morgan fingerprint density at radius 1 is 0.838 bits per heavy atom. The number of carbonyl (C=O) groups excluding carboxylic acids is 1. The molecule has 0 aliphatic carbocycles. The highest BCUT2D eigenvalue weighted by molar-refractivity contribution is 6.32. The minimum Gasteiger partial charge on any atom is -0.487 e. The molecule has 0 aromatic heterocycles. The lowest BCUT2D eigenvalue weighted by molar-refractivity contribution is -1.06. The maximum absolute atomic E-state index is 14.2. The van der Waals surface area contributed by atoms with Gasteiger partial charge in [0.05, 0.1) is 16.1 Å². The van der Waals surface area contributed by atoms with Crippen LogP contribution in [0, 0.1) is 0 Å². The normalized spacial score (nSPS) is 16.5. The first-order valence-electron chi connectivity index (χ1n) is 12.6. The number of hydrogen-bond donors (Lipinski definition) is 0. The van der Waals surface area contributed by atoms with Crippen molar-refractivity contribution in [3.05, 3.63) is 135 Å². The monoisotopic (exact) mass is 512 g/mol. The zero-order chi connectivity index (χ0) is 25.8. The predicted octanol–water partition coefficient (Wildman–Crippen LogP) is 7.85. The van der Waals surface area contributed by atoms with Crippen LogP contribution in [0.2, 0.25) is 5.02 Å². The molecule has 1 amide bonds. The topological polar surface area (TPSA) is 35.5 Å². The van der Waals surface area contributed by atoms with Crippen molar-refractivity contribution >= 4 is 17.5 Å². The van der Waals surface area contributed by atoms with Crippen LogP contribution in [0.25, 0.3) is 0 Å². The molecule has 0 N–H and O–H groups in total. The van der Waals surface area contributed by atoms with E-state index in [1.807, 2.05) is 91.0 Å².